The number of carbonyl (C=O) groups excluding carboxylic acids is 1. The number of carboxylic acid groups (broad SMARTS) is 1. The largest absolute Gasteiger partial charge is 0.481 e. The first-order valence-electron chi connectivity index (χ1n) is 11.8. The number of hydrogen-bond donors (Lipinski definition) is 2. The fraction of sp³-hybridized carbons (Fsp3) is 0.500. The summed E-state index contributed by atoms with van der Waals surface area (Å²) in [6, 6.07) is 7.79. The second kappa shape index (κ2) is 10.7. The Labute approximate surface area is 203 Å². The summed E-state index contributed by atoms with van der Waals surface area (Å²) in [6.07, 6.45) is -3.06. The van der Waals surface area contributed by atoms with Gasteiger partial charge in [-0.15, -0.1) is 0 Å². The summed E-state index contributed by atoms with van der Waals surface area (Å²) in [7, 11) is 0. The predicted octanol–water partition coefficient (Wildman–Crippen LogP) is 5.59. The van der Waals surface area contributed by atoms with Crippen LogP contribution in [0, 0.1) is 17.8 Å². The van der Waals surface area contributed by atoms with Gasteiger partial charge >= 0.3 is 12.1 Å². The number of anilines is 2. The number of aliphatic carboxylic acids is 1. The molecule has 1 aliphatic carbocycles. The Balaban J connectivity index is 1.86. The first-order valence-corrected chi connectivity index (χ1v) is 11.8. The van der Waals surface area contributed by atoms with Gasteiger partial charge < -0.3 is 15.3 Å². The molecule has 0 bridgehead atoms. The van der Waals surface area contributed by atoms with Crippen molar-refractivity contribution in [3.05, 3.63) is 53.3 Å². The van der Waals surface area contributed by atoms with Gasteiger partial charge in [-0.25, -0.2) is 0 Å². The summed E-state index contributed by atoms with van der Waals surface area (Å²) in [6.45, 7) is 9.98. The van der Waals surface area contributed by atoms with E-state index in [1.54, 1.807) is 0 Å². The lowest BCUT2D eigenvalue weighted by molar-refractivity contribution is -0.141. The molecule has 190 valence electrons. The van der Waals surface area contributed by atoms with Crippen LogP contribution in [0.2, 0.25) is 0 Å². The minimum atomic E-state index is -4.54. The SMILES string of the molecule is CC(C)CN(CC(C)C)c1ccc([C@@H]2C[C@@H]2C(=O)O)cc1NC(=O)Cc1ccc(C(F)(F)F)nc1. The predicted molar refractivity (Wildman–Crippen MR) is 128 cm³/mol. The van der Waals surface area contributed by atoms with Crippen molar-refractivity contribution in [2.45, 2.75) is 52.6 Å². The van der Waals surface area contributed by atoms with Crippen molar-refractivity contribution in [1.29, 1.82) is 0 Å². The van der Waals surface area contributed by atoms with Crippen LogP contribution >= 0.6 is 0 Å². The molecule has 0 spiro atoms. The van der Waals surface area contributed by atoms with E-state index in [9.17, 15) is 27.9 Å². The maximum atomic E-state index is 12.9. The molecule has 0 saturated heterocycles. The molecule has 1 aromatic carbocycles. The number of benzene rings is 1. The molecule has 3 rings (SSSR count). The van der Waals surface area contributed by atoms with Crippen LogP contribution in [-0.2, 0) is 22.2 Å². The normalized spacial score (nSPS) is 17.5. The van der Waals surface area contributed by atoms with Crippen molar-refractivity contribution in [3.8, 4) is 0 Å². The van der Waals surface area contributed by atoms with Gasteiger partial charge in [0, 0.05) is 19.3 Å². The van der Waals surface area contributed by atoms with Crippen molar-refractivity contribution >= 4 is 23.3 Å². The molecule has 1 fully saturated rings. The Bertz CT molecular complexity index is 1040. The molecule has 1 aromatic heterocycles. The molecule has 0 unspecified atom stereocenters. The molecule has 2 aromatic rings. The lowest BCUT2D eigenvalue weighted by atomic mass is 10.0. The van der Waals surface area contributed by atoms with Crippen LogP contribution < -0.4 is 10.2 Å². The number of nitrogens with zero attached hydrogens (tertiary/aromatic N) is 2. The Hall–Kier alpha value is -3.10. The maximum Gasteiger partial charge on any atom is 0.433 e. The van der Waals surface area contributed by atoms with E-state index in [0.717, 1.165) is 36.6 Å². The molecule has 1 heterocycles. The van der Waals surface area contributed by atoms with E-state index in [4.69, 9.17) is 0 Å². The number of nitrogens with one attached hydrogen (secondary N) is 1. The molecule has 2 atom stereocenters. The van der Waals surface area contributed by atoms with Gasteiger partial charge in [-0.1, -0.05) is 39.8 Å². The minimum absolute atomic E-state index is 0.0973. The molecule has 2 N–H and O–H groups in total. The molecule has 1 amide bonds. The van der Waals surface area contributed by atoms with Gasteiger partial charge in [0.1, 0.15) is 5.69 Å². The second-order valence-electron chi connectivity index (χ2n) is 10.0. The molecule has 35 heavy (non-hydrogen) atoms. The number of pyridine rings is 1. The Morgan fingerprint density at radius 2 is 1.77 bits per heavy atom. The van der Waals surface area contributed by atoms with E-state index in [1.807, 2.05) is 18.2 Å². The molecule has 6 nitrogen and oxygen atoms in total. The van der Waals surface area contributed by atoms with Crippen molar-refractivity contribution in [2.24, 2.45) is 17.8 Å². The number of hydrogen-bond acceptors (Lipinski definition) is 4. The van der Waals surface area contributed by atoms with Gasteiger partial charge in [-0.05, 0) is 53.5 Å². The van der Waals surface area contributed by atoms with E-state index in [2.05, 4.69) is 42.9 Å². The van der Waals surface area contributed by atoms with Gasteiger partial charge in [0.25, 0.3) is 0 Å². The topological polar surface area (TPSA) is 82.5 Å². The zero-order valence-corrected chi connectivity index (χ0v) is 20.4. The maximum absolute atomic E-state index is 12.9. The second-order valence-corrected chi connectivity index (χ2v) is 10.0. The van der Waals surface area contributed by atoms with E-state index in [0.29, 0.717) is 29.5 Å². The standard InChI is InChI=1S/C26H32F3N3O3/c1-15(2)13-32(14-16(3)4)22-7-6-18(19-11-20(19)25(34)35)10-21(22)31-24(33)9-17-5-8-23(30-12-17)26(27,28)29/h5-8,10,12,15-16,19-20H,9,11,13-14H2,1-4H3,(H,31,33)(H,34,35)/t19-,20-/m0/s1. The lowest BCUT2D eigenvalue weighted by Gasteiger charge is -2.31. The van der Waals surface area contributed by atoms with Crippen molar-refractivity contribution in [2.75, 3.05) is 23.3 Å². The minimum Gasteiger partial charge on any atom is -0.481 e. The highest BCUT2D eigenvalue weighted by Gasteiger charge is 2.44. The van der Waals surface area contributed by atoms with Crippen LogP contribution in [0.15, 0.2) is 36.5 Å². The van der Waals surface area contributed by atoms with Gasteiger partial charge in [-0.3, -0.25) is 14.6 Å². The molecule has 0 aliphatic heterocycles. The highest BCUT2D eigenvalue weighted by Crippen LogP contribution is 2.49. The van der Waals surface area contributed by atoms with E-state index < -0.39 is 23.8 Å². The highest BCUT2D eigenvalue weighted by molar-refractivity contribution is 5.96. The number of carboxylic acids is 1. The summed E-state index contributed by atoms with van der Waals surface area (Å²) in [5.41, 5.74) is 1.61. The fourth-order valence-corrected chi connectivity index (χ4v) is 4.23. The summed E-state index contributed by atoms with van der Waals surface area (Å²) in [5, 5.41) is 12.2. The van der Waals surface area contributed by atoms with Crippen LogP contribution in [-0.4, -0.2) is 35.1 Å². The summed E-state index contributed by atoms with van der Waals surface area (Å²) >= 11 is 0. The Morgan fingerprint density at radius 1 is 1.11 bits per heavy atom. The smallest absolute Gasteiger partial charge is 0.433 e. The Kier molecular flexibility index (Phi) is 8.07. The average molecular weight is 492 g/mol. The van der Waals surface area contributed by atoms with Crippen molar-refractivity contribution in [1.82, 2.24) is 4.98 Å². The summed E-state index contributed by atoms with van der Waals surface area (Å²) in [4.78, 5) is 29.9. The Morgan fingerprint density at radius 3 is 2.26 bits per heavy atom. The number of aromatic nitrogens is 1. The molecule has 1 aliphatic rings. The van der Waals surface area contributed by atoms with Gasteiger partial charge in [0.05, 0.1) is 23.7 Å². The first-order chi connectivity index (χ1) is 16.3. The first kappa shape index (κ1) is 26.5. The summed E-state index contributed by atoms with van der Waals surface area (Å²) in [5.74, 6) is -1.000. The van der Waals surface area contributed by atoms with Crippen LogP contribution in [0.1, 0.15) is 56.9 Å². The van der Waals surface area contributed by atoms with Crippen LogP contribution in [0.25, 0.3) is 0 Å². The summed E-state index contributed by atoms with van der Waals surface area (Å²) < 4.78 is 38.3. The van der Waals surface area contributed by atoms with E-state index >= 15 is 0 Å². The third-order valence-electron chi connectivity index (χ3n) is 5.82. The number of alkyl halides is 3. The highest BCUT2D eigenvalue weighted by atomic mass is 19.4. The average Bonchev–Trinajstić information content (AvgIpc) is 3.53. The van der Waals surface area contributed by atoms with Crippen LogP contribution in [0.3, 0.4) is 0 Å². The number of halogens is 3. The van der Waals surface area contributed by atoms with Crippen LogP contribution in [0.5, 0.6) is 0 Å². The quantitative estimate of drug-likeness (QED) is 0.453. The number of rotatable bonds is 10. The molecular weight excluding hydrogens is 459 g/mol. The third-order valence-corrected chi connectivity index (χ3v) is 5.82. The third kappa shape index (κ3) is 7.19. The van der Waals surface area contributed by atoms with Crippen molar-refractivity contribution < 1.29 is 27.9 Å². The van der Waals surface area contributed by atoms with Gasteiger partial charge in [0.2, 0.25) is 5.91 Å². The fourth-order valence-electron chi connectivity index (χ4n) is 4.23. The van der Waals surface area contributed by atoms with Gasteiger partial charge in [0.15, 0.2) is 0 Å². The van der Waals surface area contributed by atoms with Gasteiger partial charge in [-0.2, -0.15) is 13.2 Å². The zero-order valence-electron chi connectivity index (χ0n) is 20.4. The van der Waals surface area contributed by atoms with E-state index in [1.165, 1.54) is 6.07 Å². The zero-order chi connectivity index (χ0) is 25.9. The molecule has 0 radical (unpaired) electrons. The molecule has 1 saturated carbocycles. The molecular formula is C26H32F3N3O3. The number of amides is 1. The number of carbonyl (C=O) groups is 2. The van der Waals surface area contributed by atoms with Crippen LogP contribution in [0.4, 0.5) is 24.5 Å². The lowest BCUT2D eigenvalue weighted by Crippen LogP contribution is -2.32. The monoisotopic (exact) mass is 491 g/mol. The van der Waals surface area contributed by atoms with Crippen molar-refractivity contribution in [3.63, 3.8) is 0 Å². The molecule has 9 heteroatoms. The van der Waals surface area contributed by atoms with E-state index in [-0.39, 0.29) is 18.2 Å².